The summed E-state index contributed by atoms with van der Waals surface area (Å²) in [6.07, 6.45) is 0. The van der Waals surface area contributed by atoms with Crippen molar-refractivity contribution in [1.29, 1.82) is 0 Å². The average molecular weight is 191 g/mol. The van der Waals surface area contributed by atoms with E-state index in [2.05, 4.69) is 9.03 Å². The van der Waals surface area contributed by atoms with Crippen molar-refractivity contribution in [2.45, 2.75) is 0 Å². The summed E-state index contributed by atoms with van der Waals surface area (Å²) in [5, 5.41) is 0. The van der Waals surface area contributed by atoms with Crippen LogP contribution in [0.5, 0.6) is 0 Å². The molecule has 4 heteroatoms. The fourth-order valence-corrected chi connectivity index (χ4v) is 0.178. The molecule has 0 N–H and O–H groups in total. The standard InChI is InChI=1S/C3H7ClO2.BrH/c1-5-2-3-6-4;/h2-3H2,1H3;1H. The first-order valence-corrected chi connectivity index (χ1v) is 1.95. The zero-order valence-electron chi connectivity index (χ0n) is 4.02. The highest BCUT2D eigenvalue weighted by molar-refractivity contribution is 8.93. The van der Waals surface area contributed by atoms with E-state index in [4.69, 9.17) is 11.9 Å². The van der Waals surface area contributed by atoms with Crippen LogP contribution < -0.4 is 0 Å². The minimum absolute atomic E-state index is 0. The lowest BCUT2D eigenvalue weighted by Crippen LogP contribution is -1.93. The van der Waals surface area contributed by atoms with Crippen LogP contribution in [0, 0.1) is 0 Å². The highest BCUT2D eigenvalue weighted by Gasteiger charge is 1.75. The summed E-state index contributed by atoms with van der Waals surface area (Å²) < 4.78 is 8.70. The Hall–Kier alpha value is 0.690. The predicted octanol–water partition coefficient (Wildman–Crippen LogP) is 1.38. The van der Waals surface area contributed by atoms with Gasteiger partial charge in [0.25, 0.3) is 0 Å². The van der Waals surface area contributed by atoms with Crippen LogP contribution in [-0.2, 0) is 9.03 Å². The second-order valence-electron chi connectivity index (χ2n) is 0.806. The summed E-state index contributed by atoms with van der Waals surface area (Å²) in [6, 6.07) is 0. The molecule has 0 rings (SSSR count). The summed E-state index contributed by atoms with van der Waals surface area (Å²) >= 11 is 4.80. The number of halogens is 2. The van der Waals surface area contributed by atoms with Crippen molar-refractivity contribution in [2.24, 2.45) is 0 Å². The molecular formula is C3H8BrClO2. The van der Waals surface area contributed by atoms with E-state index in [0.717, 1.165) is 0 Å². The topological polar surface area (TPSA) is 18.5 Å². The first-order valence-electron chi connectivity index (χ1n) is 1.64. The Labute approximate surface area is 58.7 Å². The molecule has 0 bridgehead atoms. The number of hydrogen-bond donors (Lipinski definition) is 0. The Morgan fingerprint density at radius 3 is 2.14 bits per heavy atom. The van der Waals surface area contributed by atoms with Crippen molar-refractivity contribution < 1.29 is 9.03 Å². The van der Waals surface area contributed by atoms with E-state index in [1.165, 1.54) is 0 Å². The van der Waals surface area contributed by atoms with Gasteiger partial charge in [0.05, 0.1) is 25.1 Å². The van der Waals surface area contributed by atoms with E-state index in [0.29, 0.717) is 13.2 Å². The average Bonchev–Trinajstić information content (AvgIpc) is 1.61. The second-order valence-corrected chi connectivity index (χ2v) is 1.02. The monoisotopic (exact) mass is 190 g/mol. The minimum atomic E-state index is 0. The van der Waals surface area contributed by atoms with Gasteiger partial charge in [-0.3, -0.25) is 4.29 Å². The molecule has 2 nitrogen and oxygen atoms in total. The third-order valence-electron chi connectivity index (χ3n) is 0.365. The highest BCUT2D eigenvalue weighted by atomic mass is 79.9. The Kier molecular flexibility index (Phi) is 15.0. The lowest BCUT2D eigenvalue weighted by atomic mass is 10.8. The van der Waals surface area contributed by atoms with Gasteiger partial charge in [-0.05, 0) is 0 Å². The van der Waals surface area contributed by atoms with Crippen molar-refractivity contribution in [3.63, 3.8) is 0 Å². The maximum Gasteiger partial charge on any atom is 0.0916 e. The van der Waals surface area contributed by atoms with Gasteiger partial charge in [-0.2, -0.15) is 0 Å². The molecule has 0 spiro atoms. The number of ether oxygens (including phenoxy) is 1. The molecule has 0 unspecified atom stereocenters. The molecule has 0 amide bonds. The van der Waals surface area contributed by atoms with E-state index in [1.54, 1.807) is 7.11 Å². The van der Waals surface area contributed by atoms with Gasteiger partial charge in [0.2, 0.25) is 0 Å². The molecule has 0 radical (unpaired) electrons. The van der Waals surface area contributed by atoms with Crippen molar-refractivity contribution in [3.05, 3.63) is 0 Å². The van der Waals surface area contributed by atoms with Gasteiger partial charge in [-0.1, -0.05) is 0 Å². The lowest BCUT2D eigenvalue weighted by Gasteiger charge is -1.88. The van der Waals surface area contributed by atoms with E-state index < -0.39 is 0 Å². The maximum absolute atomic E-state index is 4.80. The van der Waals surface area contributed by atoms with Gasteiger partial charge in [-0.25, -0.2) is 0 Å². The number of methoxy groups -OCH3 is 1. The maximum atomic E-state index is 4.80. The third-order valence-corrected chi connectivity index (χ3v) is 0.519. The molecule has 0 aromatic heterocycles. The second kappa shape index (κ2) is 9.85. The van der Waals surface area contributed by atoms with E-state index in [9.17, 15) is 0 Å². The zero-order valence-corrected chi connectivity index (χ0v) is 6.49. The molecule has 0 saturated carbocycles. The molecular weight excluding hydrogens is 183 g/mol. The van der Waals surface area contributed by atoms with Crippen LogP contribution in [0.25, 0.3) is 0 Å². The molecule has 0 aliphatic heterocycles. The third kappa shape index (κ3) is 10.8. The molecule has 0 aliphatic carbocycles. The Morgan fingerprint density at radius 1 is 1.43 bits per heavy atom. The van der Waals surface area contributed by atoms with E-state index >= 15 is 0 Å². The fraction of sp³-hybridized carbons (Fsp3) is 1.00. The smallest absolute Gasteiger partial charge is 0.0916 e. The number of hydrogen-bond acceptors (Lipinski definition) is 2. The lowest BCUT2D eigenvalue weighted by molar-refractivity contribution is 0.152. The summed E-state index contributed by atoms with van der Waals surface area (Å²) in [6.45, 7) is 1.02. The predicted molar refractivity (Wildman–Crippen MR) is 34.0 cm³/mol. The van der Waals surface area contributed by atoms with Crippen molar-refractivity contribution in [1.82, 2.24) is 0 Å². The largest absolute Gasteiger partial charge is 0.382 e. The van der Waals surface area contributed by atoms with Crippen LogP contribution in [0.1, 0.15) is 0 Å². The molecule has 0 heterocycles. The molecule has 7 heavy (non-hydrogen) atoms. The molecule has 0 saturated heterocycles. The van der Waals surface area contributed by atoms with Crippen LogP contribution in [-0.4, -0.2) is 20.3 Å². The number of rotatable bonds is 3. The Balaban J connectivity index is 0. The van der Waals surface area contributed by atoms with Gasteiger partial charge >= 0.3 is 0 Å². The Bertz CT molecular complexity index is 24.9. The first-order chi connectivity index (χ1) is 2.91. The molecule has 0 atom stereocenters. The molecule has 46 valence electrons. The summed E-state index contributed by atoms with van der Waals surface area (Å²) in [5.41, 5.74) is 0. The summed E-state index contributed by atoms with van der Waals surface area (Å²) in [4.78, 5) is 0. The van der Waals surface area contributed by atoms with Crippen LogP contribution in [0.15, 0.2) is 0 Å². The fourth-order valence-electron chi connectivity index (χ4n) is 0.115. The van der Waals surface area contributed by atoms with Gasteiger partial charge < -0.3 is 4.74 Å². The highest BCUT2D eigenvalue weighted by Crippen LogP contribution is 1.76. The van der Waals surface area contributed by atoms with Crippen molar-refractivity contribution in [3.8, 4) is 0 Å². The minimum Gasteiger partial charge on any atom is -0.382 e. The van der Waals surface area contributed by atoms with E-state index in [1.807, 2.05) is 0 Å². The van der Waals surface area contributed by atoms with Crippen molar-refractivity contribution in [2.75, 3.05) is 20.3 Å². The SMILES string of the molecule is Br.COCCOCl. The quantitative estimate of drug-likeness (QED) is 0.628. The van der Waals surface area contributed by atoms with Crippen LogP contribution in [0.2, 0.25) is 0 Å². The zero-order chi connectivity index (χ0) is 4.83. The molecule has 0 aromatic rings. The first kappa shape index (κ1) is 10.6. The van der Waals surface area contributed by atoms with Gasteiger partial charge in [0.15, 0.2) is 0 Å². The van der Waals surface area contributed by atoms with Crippen molar-refractivity contribution >= 4 is 28.8 Å². The van der Waals surface area contributed by atoms with Crippen LogP contribution in [0.3, 0.4) is 0 Å². The van der Waals surface area contributed by atoms with Gasteiger partial charge in [-0.15, -0.1) is 17.0 Å². The van der Waals surface area contributed by atoms with Crippen LogP contribution in [0.4, 0.5) is 0 Å². The summed E-state index contributed by atoms with van der Waals surface area (Å²) in [7, 11) is 1.59. The van der Waals surface area contributed by atoms with Crippen LogP contribution >= 0.6 is 28.8 Å². The molecule has 0 aliphatic rings. The van der Waals surface area contributed by atoms with Gasteiger partial charge in [0.1, 0.15) is 0 Å². The van der Waals surface area contributed by atoms with Gasteiger partial charge in [0, 0.05) is 7.11 Å². The normalized spacial score (nSPS) is 7.71. The molecule has 0 fully saturated rings. The van der Waals surface area contributed by atoms with E-state index in [-0.39, 0.29) is 17.0 Å². The molecule has 0 aromatic carbocycles. The Morgan fingerprint density at radius 2 is 2.00 bits per heavy atom. The summed E-state index contributed by atoms with van der Waals surface area (Å²) in [5.74, 6) is 0.